The first-order chi connectivity index (χ1) is 9.63. The largest absolute Gasteiger partial charge is 0.398 e. The van der Waals surface area contributed by atoms with Crippen LogP contribution in [-0.2, 0) is 0 Å². The van der Waals surface area contributed by atoms with E-state index >= 15 is 0 Å². The van der Waals surface area contributed by atoms with Gasteiger partial charge in [0.25, 0.3) is 0 Å². The molecule has 0 atom stereocenters. The van der Waals surface area contributed by atoms with Crippen LogP contribution in [0.15, 0.2) is 47.8 Å². The number of rotatable bonds is 3. The second-order valence-electron chi connectivity index (χ2n) is 4.66. The molecular formula is C16H14N2OS. The van der Waals surface area contributed by atoms with Gasteiger partial charge >= 0.3 is 0 Å². The molecule has 0 spiro atoms. The average Bonchev–Trinajstić information content (AvgIpc) is 2.85. The van der Waals surface area contributed by atoms with Crippen molar-refractivity contribution in [3.8, 4) is 0 Å². The summed E-state index contributed by atoms with van der Waals surface area (Å²) >= 11 is 1.72. The van der Waals surface area contributed by atoms with Gasteiger partial charge in [-0.05, 0) is 60.2 Å². The molecule has 3 rings (SSSR count). The third-order valence-electron chi connectivity index (χ3n) is 3.17. The highest BCUT2D eigenvalue weighted by atomic mass is 32.1. The van der Waals surface area contributed by atoms with E-state index < -0.39 is 0 Å². The van der Waals surface area contributed by atoms with Crippen molar-refractivity contribution in [2.45, 2.75) is 6.92 Å². The Balaban J connectivity index is 1.90. The predicted octanol–water partition coefficient (Wildman–Crippen LogP) is 4.43. The van der Waals surface area contributed by atoms with Crippen LogP contribution in [0.5, 0.6) is 0 Å². The van der Waals surface area contributed by atoms with E-state index in [1.54, 1.807) is 23.5 Å². The van der Waals surface area contributed by atoms with E-state index in [0.29, 0.717) is 11.3 Å². The minimum Gasteiger partial charge on any atom is -0.398 e. The monoisotopic (exact) mass is 282 g/mol. The Bertz CT molecular complexity index is 792. The van der Waals surface area contributed by atoms with Crippen molar-refractivity contribution < 1.29 is 4.79 Å². The summed E-state index contributed by atoms with van der Waals surface area (Å²) in [6.07, 6.45) is 0. The summed E-state index contributed by atoms with van der Waals surface area (Å²) in [6, 6.07) is 13.7. The minimum atomic E-state index is -0.0197. The Hall–Kier alpha value is -2.33. The normalized spacial score (nSPS) is 10.7. The highest BCUT2D eigenvalue weighted by Gasteiger charge is 2.05. The summed E-state index contributed by atoms with van der Waals surface area (Å²) in [7, 11) is 0. The number of thiophene rings is 1. The Morgan fingerprint density at radius 1 is 1.10 bits per heavy atom. The van der Waals surface area contributed by atoms with Crippen LogP contribution in [-0.4, -0.2) is 5.78 Å². The molecule has 0 saturated carbocycles. The van der Waals surface area contributed by atoms with Gasteiger partial charge in [-0.15, -0.1) is 11.3 Å². The third kappa shape index (κ3) is 2.38. The maximum absolute atomic E-state index is 11.4. The SMILES string of the molecule is CC(=O)c1ccc(Nc2ccc3sccc3c2)cc1N. The molecule has 0 aliphatic carbocycles. The number of benzene rings is 2. The summed E-state index contributed by atoms with van der Waals surface area (Å²) in [5.41, 5.74) is 8.83. The van der Waals surface area contributed by atoms with Crippen molar-refractivity contribution in [1.29, 1.82) is 0 Å². The number of ketones is 1. The van der Waals surface area contributed by atoms with Gasteiger partial charge in [0.05, 0.1) is 0 Å². The lowest BCUT2D eigenvalue weighted by Crippen LogP contribution is -2.00. The van der Waals surface area contributed by atoms with Crippen LogP contribution < -0.4 is 11.1 Å². The van der Waals surface area contributed by atoms with E-state index in [2.05, 4.69) is 28.9 Å². The molecule has 2 aromatic carbocycles. The van der Waals surface area contributed by atoms with Crippen molar-refractivity contribution in [2.75, 3.05) is 11.1 Å². The molecule has 0 fully saturated rings. The smallest absolute Gasteiger partial charge is 0.161 e. The Labute approximate surface area is 121 Å². The first kappa shape index (κ1) is 12.7. The van der Waals surface area contributed by atoms with Crippen LogP contribution in [0, 0.1) is 0 Å². The second kappa shape index (κ2) is 4.98. The first-order valence-corrected chi connectivity index (χ1v) is 7.16. The summed E-state index contributed by atoms with van der Waals surface area (Å²) < 4.78 is 1.27. The van der Waals surface area contributed by atoms with Gasteiger partial charge in [0.15, 0.2) is 5.78 Å². The molecule has 0 bridgehead atoms. The molecular weight excluding hydrogens is 268 g/mol. The standard InChI is InChI=1S/C16H14N2OS/c1-10(19)14-4-2-13(9-15(14)17)18-12-3-5-16-11(8-12)6-7-20-16/h2-9,18H,17H2,1H3. The average molecular weight is 282 g/mol. The molecule has 0 aliphatic heterocycles. The first-order valence-electron chi connectivity index (χ1n) is 6.28. The Kier molecular flexibility index (Phi) is 3.16. The molecule has 0 aliphatic rings. The molecule has 1 heterocycles. The Morgan fingerprint density at radius 3 is 2.60 bits per heavy atom. The summed E-state index contributed by atoms with van der Waals surface area (Å²) in [5.74, 6) is -0.0197. The number of hydrogen-bond acceptors (Lipinski definition) is 4. The lowest BCUT2D eigenvalue weighted by Gasteiger charge is -2.09. The molecule has 0 saturated heterocycles. The fraction of sp³-hybridized carbons (Fsp3) is 0.0625. The molecule has 4 heteroatoms. The van der Waals surface area contributed by atoms with E-state index in [-0.39, 0.29) is 5.78 Å². The third-order valence-corrected chi connectivity index (χ3v) is 4.07. The van der Waals surface area contributed by atoms with Gasteiger partial charge in [0, 0.05) is 27.3 Å². The number of nitrogen functional groups attached to an aromatic ring is 1. The van der Waals surface area contributed by atoms with E-state index in [4.69, 9.17) is 5.73 Å². The molecule has 3 nitrogen and oxygen atoms in total. The van der Waals surface area contributed by atoms with Crippen LogP contribution in [0.2, 0.25) is 0 Å². The molecule has 3 N–H and O–H groups in total. The van der Waals surface area contributed by atoms with Crippen molar-refractivity contribution in [2.24, 2.45) is 0 Å². The molecule has 0 amide bonds. The quantitative estimate of drug-likeness (QED) is 0.552. The number of nitrogens with two attached hydrogens (primary N) is 1. The summed E-state index contributed by atoms with van der Waals surface area (Å²) in [5, 5.41) is 6.60. The second-order valence-corrected chi connectivity index (χ2v) is 5.60. The zero-order valence-electron chi connectivity index (χ0n) is 11.0. The van der Waals surface area contributed by atoms with Gasteiger partial charge in [0.1, 0.15) is 0 Å². The molecule has 3 aromatic rings. The van der Waals surface area contributed by atoms with Gasteiger partial charge in [0.2, 0.25) is 0 Å². The van der Waals surface area contributed by atoms with Crippen molar-refractivity contribution in [3.05, 3.63) is 53.4 Å². The number of hydrogen-bond donors (Lipinski definition) is 2. The number of anilines is 3. The van der Waals surface area contributed by atoms with E-state index in [1.165, 1.54) is 17.0 Å². The number of carbonyl (C=O) groups is 1. The van der Waals surface area contributed by atoms with Crippen molar-refractivity contribution in [3.63, 3.8) is 0 Å². The van der Waals surface area contributed by atoms with E-state index in [0.717, 1.165) is 11.4 Å². The molecule has 20 heavy (non-hydrogen) atoms. The van der Waals surface area contributed by atoms with E-state index in [1.807, 2.05) is 12.1 Å². The highest BCUT2D eigenvalue weighted by Crippen LogP contribution is 2.27. The highest BCUT2D eigenvalue weighted by molar-refractivity contribution is 7.17. The van der Waals surface area contributed by atoms with Crippen LogP contribution >= 0.6 is 11.3 Å². The van der Waals surface area contributed by atoms with Crippen LogP contribution in [0.3, 0.4) is 0 Å². The zero-order valence-corrected chi connectivity index (χ0v) is 11.8. The molecule has 1 aromatic heterocycles. The van der Waals surface area contributed by atoms with E-state index in [9.17, 15) is 4.79 Å². The fourth-order valence-electron chi connectivity index (χ4n) is 2.17. The lowest BCUT2D eigenvalue weighted by molar-refractivity contribution is 0.101. The van der Waals surface area contributed by atoms with Crippen molar-refractivity contribution >= 4 is 44.3 Å². The molecule has 0 radical (unpaired) electrons. The number of fused-ring (bicyclic) bond motifs is 1. The van der Waals surface area contributed by atoms with Gasteiger partial charge in [-0.2, -0.15) is 0 Å². The van der Waals surface area contributed by atoms with Crippen LogP contribution in [0.25, 0.3) is 10.1 Å². The number of nitrogens with one attached hydrogen (secondary N) is 1. The maximum atomic E-state index is 11.4. The maximum Gasteiger partial charge on any atom is 0.161 e. The number of Topliss-reactive ketones (excluding diaryl/α,β-unsaturated/α-hetero) is 1. The van der Waals surface area contributed by atoms with Gasteiger partial charge in [-0.25, -0.2) is 0 Å². The van der Waals surface area contributed by atoms with Gasteiger partial charge < -0.3 is 11.1 Å². The Morgan fingerprint density at radius 2 is 1.85 bits per heavy atom. The van der Waals surface area contributed by atoms with Crippen molar-refractivity contribution in [1.82, 2.24) is 0 Å². The molecule has 100 valence electrons. The summed E-state index contributed by atoms with van der Waals surface area (Å²) in [4.78, 5) is 11.4. The molecule has 0 unspecified atom stereocenters. The predicted molar refractivity (Wildman–Crippen MR) is 86.0 cm³/mol. The van der Waals surface area contributed by atoms with Gasteiger partial charge in [-0.1, -0.05) is 0 Å². The lowest BCUT2D eigenvalue weighted by atomic mass is 10.1. The number of carbonyl (C=O) groups excluding carboxylic acids is 1. The van der Waals surface area contributed by atoms with Crippen LogP contribution in [0.4, 0.5) is 17.1 Å². The minimum absolute atomic E-state index is 0.0197. The topological polar surface area (TPSA) is 55.1 Å². The summed E-state index contributed by atoms with van der Waals surface area (Å²) in [6.45, 7) is 1.52. The van der Waals surface area contributed by atoms with Gasteiger partial charge in [-0.3, -0.25) is 4.79 Å². The fourth-order valence-corrected chi connectivity index (χ4v) is 2.94. The van der Waals surface area contributed by atoms with Crippen LogP contribution in [0.1, 0.15) is 17.3 Å². The zero-order chi connectivity index (χ0) is 14.1.